The highest BCUT2D eigenvalue weighted by molar-refractivity contribution is 5.90. The van der Waals surface area contributed by atoms with E-state index in [4.69, 9.17) is 24.2 Å². The summed E-state index contributed by atoms with van der Waals surface area (Å²) in [4.78, 5) is 29.9. The van der Waals surface area contributed by atoms with E-state index < -0.39 is 29.3 Å². The highest BCUT2D eigenvalue weighted by Gasteiger charge is 2.27. The van der Waals surface area contributed by atoms with Gasteiger partial charge in [0.1, 0.15) is 19.0 Å². The summed E-state index contributed by atoms with van der Waals surface area (Å²) in [6.45, 7) is 6.81. The average molecular weight is 547 g/mol. The van der Waals surface area contributed by atoms with Gasteiger partial charge in [0.25, 0.3) is 0 Å². The molecular weight excluding hydrogens is 514 g/mol. The number of aliphatic carboxylic acids is 1. The van der Waals surface area contributed by atoms with E-state index in [0.29, 0.717) is 57.8 Å². The van der Waals surface area contributed by atoms with Gasteiger partial charge in [0.05, 0.1) is 25.4 Å². The van der Waals surface area contributed by atoms with Crippen LogP contribution in [0.3, 0.4) is 0 Å². The molecule has 0 spiro atoms. The predicted molar refractivity (Wildman–Crippen MR) is 138 cm³/mol. The first-order chi connectivity index (χ1) is 18.8. The standard InChI is InChI=1S/C28H32F2N2O7/c1-3-36-17-19-14-22(29)28(23(30)15-19)38-13-11-31-10-12-37-24-16-20-6-8-32(39-26(35)5-4-25(33)34)9-7-21(20)18(2)27(24)31/h4-5,14-16H,3,6-13,17H2,1-2H3,(H,33,34)/b5-4+. The van der Waals surface area contributed by atoms with Gasteiger partial charge in [-0.15, -0.1) is 5.06 Å². The average Bonchev–Trinajstić information content (AvgIpc) is 3.10. The Morgan fingerprint density at radius 2 is 1.85 bits per heavy atom. The normalized spacial score (nSPS) is 15.3. The number of benzene rings is 2. The van der Waals surface area contributed by atoms with Crippen LogP contribution < -0.4 is 14.4 Å². The summed E-state index contributed by atoms with van der Waals surface area (Å²) in [6.07, 6.45) is 2.84. The van der Waals surface area contributed by atoms with Gasteiger partial charge in [-0.05, 0) is 67.1 Å². The maximum absolute atomic E-state index is 14.5. The fraction of sp³-hybridized carbons (Fsp3) is 0.429. The Balaban J connectivity index is 1.43. The van der Waals surface area contributed by atoms with Crippen molar-refractivity contribution in [2.75, 3.05) is 50.9 Å². The number of halogens is 2. The molecule has 11 heteroatoms. The van der Waals surface area contributed by atoms with Crippen LogP contribution in [0, 0.1) is 18.6 Å². The molecule has 1 N–H and O–H groups in total. The van der Waals surface area contributed by atoms with Gasteiger partial charge in [-0.3, -0.25) is 0 Å². The molecule has 0 amide bonds. The van der Waals surface area contributed by atoms with E-state index in [2.05, 4.69) is 4.90 Å². The highest BCUT2D eigenvalue weighted by atomic mass is 19.1. The van der Waals surface area contributed by atoms with Crippen LogP contribution in [-0.4, -0.2) is 68.1 Å². The molecule has 0 bridgehead atoms. The molecule has 2 aliphatic rings. The smallest absolute Gasteiger partial charge is 0.349 e. The lowest BCUT2D eigenvalue weighted by Crippen LogP contribution is -2.36. The minimum atomic E-state index is -1.22. The van der Waals surface area contributed by atoms with Gasteiger partial charge < -0.3 is 29.1 Å². The molecule has 0 aromatic heterocycles. The van der Waals surface area contributed by atoms with Gasteiger partial charge in [-0.25, -0.2) is 18.4 Å². The molecule has 210 valence electrons. The van der Waals surface area contributed by atoms with Gasteiger partial charge in [-0.2, -0.15) is 0 Å². The molecule has 0 saturated carbocycles. The number of carboxylic acids is 1. The number of anilines is 1. The summed E-state index contributed by atoms with van der Waals surface area (Å²) in [6, 6.07) is 4.44. The van der Waals surface area contributed by atoms with Crippen molar-refractivity contribution in [3.63, 3.8) is 0 Å². The third-order valence-electron chi connectivity index (χ3n) is 6.63. The number of carboxylic acid groups (broad SMARTS) is 1. The van der Waals surface area contributed by atoms with Crippen LogP contribution in [0.25, 0.3) is 0 Å². The van der Waals surface area contributed by atoms with E-state index in [9.17, 15) is 18.4 Å². The van der Waals surface area contributed by atoms with Crippen molar-refractivity contribution in [3.8, 4) is 11.5 Å². The Morgan fingerprint density at radius 1 is 1.10 bits per heavy atom. The Bertz CT molecular complexity index is 1230. The minimum absolute atomic E-state index is 0.0716. The van der Waals surface area contributed by atoms with Crippen LogP contribution >= 0.6 is 0 Å². The van der Waals surface area contributed by atoms with Crippen LogP contribution in [0.15, 0.2) is 30.4 Å². The van der Waals surface area contributed by atoms with Crippen LogP contribution in [0.2, 0.25) is 0 Å². The van der Waals surface area contributed by atoms with Crippen molar-refractivity contribution < 1.29 is 42.5 Å². The number of hydroxylamine groups is 2. The van der Waals surface area contributed by atoms with E-state index in [1.807, 2.05) is 19.9 Å². The van der Waals surface area contributed by atoms with Gasteiger partial charge in [-0.1, -0.05) is 0 Å². The maximum Gasteiger partial charge on any atom is 0.349 e. The lowest BCUT2D eigenvalue weighted by molar-refractivity contribution is -0.183. The quantitative estimate of drug-likeness (QED) is 0.449. The Hall–Kier alpha value is -3.70. The Labute approximate surface area is 225 Å². The first-order valence-electron chi connectivity index (χ1n) is 12.9. The molecule has 39 heavy (non-hydrogen) atoms. The zero-order valence-corrected chi connectivity index (χ0v) is 22.0. The van der Waals surface area contributed by atoms with Crippen LogP contribution in [0.4, 0.5) is 14.5 Å². The first-order valence-corrected chi connectivity index (χ1v) is 12.9. The number of rotatable bonds is 10. The maximum atomic E-state index is 14.5. The van der Waals surface area contributed by atoms with E-state index in [1.165, 1.54) is 17.2 Å². The second-order valence-corrected chi connectivity index (χ2v) is 9.21. The molecule has 2 aliphatic heterocycles. The lowest BCUT2D eigenvalue weighted by atomic mass is 9.94. The number of hydrogen-bond donors (Lipinski definition) is 1. The molecular formula is C28H32F2N2O7. The summed E-state index contributed by atoms with van der Waals surface area (Å²) in [5, 5.41) is 10.2. The largest absolute Gasteiger partial charge is 0.490 e. The van der Waals surface area contributed by atoms with Crippen LogP contribution in [0.1, 0.15) is 29.2 Å². The molecule has 0 unspecified atom stereocenters. The van der Waals surface area contributed by atoms with Crippen molar-refractivity contribution in [3.05, 3.63) is 64.2 Å². The summed E-state index contributed by atoms with van der Waals surface area (Å²) in [5.74, 6) is -3.18. The topological polar surface area (TPSA) is 97.8 Å². The Morgan fingerprint density at radius 3 is 2.56 bits per heavy atom. The van der Waals surface area contributed by atoms with Gasteiger partial charge >= 0.3 is 11.9 Å². The molecule has 4 rings (SSSR count). The highest BCUT2D eigenvalue weighted by Crippen LogP contribution is 2.40. The van der Waals surface area contributed by atoms with E-state index in [-0.39, 0.29) is 13.2 Å². The van der Waals surface area contributed by atoms with E-state index >= 15 is 0 Å². The summed E-state index contributed by atoms with van der Waals surface area (Å²) >= 11 is 0. The van der Waals surface area contributed by atoms with Crippen LogP contribution in [-0.2, 0) is 38.6 Å². The zero-order chi connectivity index (χ0) is 27.9. The zero-order valence-electron chi connectivity index (χ0n) is 22.0. The second kappa shape index (κ2) is 12.9. The molecule has 0 saturated heterocycles. The minimum Gasteiger partial charge on any atom is -0.490 e. The van der Waals surface area contributed by atoms with E-state index in [1.54, 1.807) is 0 Å². The van der Waals surface area contributed by atoms with Crippen molar-refractivity contribution in [1.82, 2.24) is 5.06 Å². The summed E-state index contributed by atoms with van der Waals surface area (Å²) in [7, 11) is 0. The number of nitrogens with zero attached hydrogens (tertiary/aromatic N) is 2. The van der Waals surface area contributed by atoms with Gasteiger partial charge in [0.2, 0.25) is 0 Å². The first kappa shape index (κ1) is 28.3. The fourth-order valence-electron chi connectivity index (χ4n) is 4.85. The molecule has 2 heterocycles. The molecule has 0 atom stereocenters. The van der Waals surface area contributed by atoms with Crippen LogP contribution in [0.5, 0.6) is 11.5 Å². The van der Waals surface area contributed by atoms with Gasteiger partial charge in [0, 0.05) is 31.8 Å². The van der Waals surface area contributed by atoms with Crippen molar-refractivity contribution in [2.24, 2.45) is 0 Å². The SMILES string of the molecule is CCOCc1cc(F)c(OCCN2CCOc3cc4c(c(C)c32)CCN(OC(=O)/C=C/C(=O)O)CC4)c(F)c1. The van der Waals surface area contributed by atoms with Crippen molar-refractivity contribution in [2.45, 2.75) is 33.3 Å². The Kier molecular flexibility index (Phi) is 9.36. The van der Waals surface area contributed by atoms with Crippen molar-refractivity contribution in [1.29, 1.82) is 0 Å². The van der Waals surface area contributed by atoms with Gasteiger partial charge in [0.15, 0.2) is 17.4 Å². The van der Waals surface area contributed by atoms with E-state index in [0.717, 1.165) is 40.3 Å². The molecule has 0 aliphatic carbocycles. The molecule has 2 aromatic carbocycles. The third kappa shape index (κ3) is 7.04. The monoisotopic (exact) mass is 546 g/mol. The number of carbonyl (C=O) groups is 2. The summed E-state index contributed by atoms with van der Waals surface area (Å²) in [5.41, 5.74) is 4.54. The predicted octanol–water partition coefficient (Wildman–Crippen LogP) is 3.59. The molecule has 2 aromatic rings. The molecule has 0 radical (unpaired) electrons. The fourth-order valence-corrected chi connectivity index (χ4v) is 4.85. The second-order valence-electron chi connectivity index (χ2n) is 9.21. The third-order valence-corrected chi connectivity index (χ3v) is 6.63. The number of carbonyl (C=O) groups excluding carboxylic acids is 1. The lowest BCUT2D eigenvalue weighted by Gasteiger charge is -2.34. The molecule has 0 fully saturated rings. The molecule has 9 nitrogen and oxygen atoms in total. The summed E-state index contributed by atoms with van der Waals surface area (Å²) < 4.78 is 45.7. The number of ether oxygens (including phenoxy) is 3. The number of fused-ring (bicyclic) bond motifs is 2. The van der Waals surface area contributed by atoms with Crippen molar-refractivity contribution >= 4 is 17.6 Å². The number of hydrogen-bond acceptors (Lipinski definition) is 8.